The first kappa shape index (κ1) is 30.8. The normalized spacial score (nSPS) is 21.7. The number of nitrogens with one attached hydrogen (secondary N) is 2. The Morgan fingerprint density at radius 2 is 1.65 bits per heavy atom. The van der Waals surface area contributed by atoms with Crippen LogP contribution in [0.25, 0.3) is 0 Å². The molecule has 1 atom stereocenters. The third-order valence-corrected chi connectivity index (χ3v) is 9.33. The van der Waals surface area contributed by atoms with Crippen molar-refractivity contribution in [3.05, 3.63) is 72.3 Å². The molecule has 1 aliphatic carbocycles. The summed E-state index contributed by atoms with van der Waals surface area (Å²) in [7, 11) is 1.60. The van der Waals surface area contributed by atoms with E-state index in [-0.39, 0.29) is 24.1 Å². The van der Waals surface area contributed by atoms with Crippen LogP contribution in [0.3, 0.4) is 0 Å². The molecule has 0 unspecified atom stereocenters. The Balaban J connectivity index is 1.19. The van der Waals surface area contributed by atoms with Gasteiger partial charge in [-0.1, -0.05) is 37.5 Å². The molecule has 2 heterocycles. The van der Waals surface area contributed by atoms with Crippen molar-refractivity contribution >= 4 is 17.7 Å². The van der Waals surface area contributed by atoms with Crippen LogP contribution < -0.4 is 15.4 Å². The third-order valence-electron chi connectivity index (χ3n) is 9.33. The molecule has 3 fully saturated rings. The van der Waals surface area contributed by atoms with Gasteiger partial charge in [-0.3, -0.25) is 19.3 Å². The number of hydrogen-bond donors (Lipinski definition) is 3. The van der Waals surface area contributed by atoms with Crippen molar-refractivity contribution in [1.82, 2.24) is 20.4 Å². The van der Waals surface area contributed by atoms with Crippen LogP contribution in [0.5, 0.6) is 11.5 Å². The lowest BCUT2D eigenvalue weighted by Crippen LogP contribution is -2.73. The fraction of sp³-hybridized carbons (Fsp3) is 0.500. The van der Waals surface area contributed by atoms with E-state index < -0.39 is 17.2 Å². The predicted octanol–water partition coefficient (Wildman–Crippen LogP) is 4.16. The monoisotopic (exact) mass is 588 g/mol. The number of ether oxygens (including phenoxy) is 1. The second kappa shape index (κ2) is 13.3. The second-order valence-electron chi connectivity index (χ2n) is 12.2. The summed E-state index contributed by atoms with van der Waals surface area (Å²) in [4.78, 5) is 43.4. The van der Waals surface area contributed by atoms with E-state index in [1.54, 1.807) is 42.3 Å². The Kier molecular flexibility index (Phi) is 9.52. The summed E-state index contributed by atoms with van der Waals surface area (Å²) >= 11 is 0. The van der Waals surface area contributed by atoms with Gasteiger partial charge in [0.2, 0.25) is 11.8 Å². The Morgan fingerprint density at radius 1 is 1.02 bits per heavy atom. The molecule has 5 rings (SSSR count). The van der Waals surface area contributed by atoms with Crippen molar-refractivity contribution in [2.24, 2.45) is 0 Å². The average molecular weight is 589 g/mol. The zero-order valence-corrected chi connectivity index (χ0v) is 25.1. The molecule has 1 spiro atoms. The number of carbonyl (C=O) groups excluding carboxylic acids is 3. The highest BCUT2D eigenvalue weighted by Gasteiger charge is 2.54. The molecule has 9 nitrogen and oxygen atoms in total. The van der Waals surface area contributed by atoms with Crippen molar-refractivity contribution in [3.8, 4) is 11.5 Å². The molecule has 2 aromatic rings. The summed E-state index contributed by atoms with van der Waals surface area (Å²) in [6, 6.07) is 14.2. The molecule has 3 N–H and O–H groups in total. The second-order valence-corrected chi connectivity index (χ2v) is 12.2. The first-order valence-corrected chi connectivity index (χ1v) is 15.5. The van der Waals surface area contributed by atoms with Gasteiger partial charge in [-0.25, -0.2) is 0 Å². The standard InChI is InChI=1S/C34H44N4O5/c1-3-4-20-38-31(40)29(23-33(42)16-6-5-7-17-33)36-32(41)34(38)18-21-37(22-19-34)24-25-8-12-27(13-9-25)43-28-14-10-26(11-15-28)30(39)35-2/h3,8-15,29,42H,1,4-7,16-24H2,2H3,(H,35,39)(H,36,41)/t29-/m1/s1. The molecule has 2 aromatic carbocycles. The summed E-state index contributed by atoms with van der Waals surface area (Å²) in [6.45, 7) is 6.41. The van der Waals surface area contributed by atoms with Crippen LogP contribution in [-0.4, -0.2) is 76.5 Å². The van der Waals surface area contributed by atoms with E-state index in [9.17, 15) is 19.5 Å². The van der Waals surface area contributed by atoms with E-state index in [1.165, 1.54) is 0 Å². The molecule has 3 aliphatic rings. The van der Waals surface area contributed by atoms with Gasteiger partial charge in [0.25, 0.3) is 5.91 Å². The molecular weight excluding hydrogens is 544 g/mol. The molecule has 0 radical (unpaired) electrons. The van der Waals surface area contributed by atoms with E-state index in [2.05, 4.69) is 22.1 Å². The van der Waals surface area contributed by atoms with Crippen LogP contribution in [0.4, 0.5) is 0 Å². The number of piperazine rings is 1. The van der Waals surface area contributed by atoms with Crippen LogP contribution >= 0.6 is 0 Å². The van der Waals surface area contributed by atoms with Crippen molar-refractivity contribution in [2.75, 3.05) is 26.7 Å². The van der Waals surface area contributed by atoms with Crippen molar-refractivity contribution in [1.29, 1.82) is 0 Å². The summed E-state index contributed by atoms with van der Waals surface area (Å²) in [6.07, 6.45) is 8.19. The number of carbonyl (C=O) groups is 3. The number of rotatable bonds is 10. The maximum Gasteiger partial charge on any atom is 0.251 e. The van der Waals surface area contributed by atoms with Gasteiger partial charge in [0.05, 0.1) is 5.60 Å². The average Bonchev–Trinajstić information content (AvgIpc) is 3.02. The van der Waals surface area contributed by atoms with Gasteiger partial charge < -0.3 is 25.4 Å². The Morgan fingerprint density at radius 3 is 2.26 bits per heavy atom. The zero-order chi connectivity index (χ0) is 30.5. The molecular formula is C34H44N4O5. The Bertz CT molecular complexity index is 1300. The van der Waals surface area contributed by atoms with Crippen molar-refractivity contribution in [2.45, 2.75) is 81.5 Å². The van der Waals surface area contributed by atoms with Crippen LogP contribution in [0.15, 0.2) is 61.2 Å². The van der Waals surface area contributed by atoms with E-state index in [0.717, 1.165) is 31.4 Å². The molecule has 2 saturated heterocycles. The van der Waals surface area contributed by atoms with E-state index >= 15 is 0 Å². The molecule has 230 valence electrons. The number of hydrogen-bond acceptors (Lipinski definition) is 6. The van der Waals surface area contributed by atoms with Gasteiger partial charge in [-0.15, -0.1) is 6.58 Å². The number of piperidine rings is 1. The summed E-state index contributed by atoms with van der Waals surface area (Å²) in [5, 5.41) is 16.8. The molecule has 43 heavy (non-hydrogen) atoms. The molecule has 0 bridgehead atoms. The summed E-state index contributed by atoms with van der Waals surface area (Å²) in [5.41, 5.74) is -0.0493. The molecule has 9 heteroatoms. The Hall–Kier alpha value is -3.69. The van der Waals surface area contributed by atoms with Crippen molar-refractivity contribution in [3.63, 3.8) is 0 Å². The zero-order valence-electron chi connectivity index (χ0n) is 25.1. The molecule has 1 saturated carbocycles. The van der Waals surface area contributed by atoms with Crippen LogP contribution in [0.2, 0.25) is 0 Å². The first-order chi connectivity index (χ1) is 20.7. The summed E-state index contributed by atoms with van der Waals surface area (Å²) < 4.78 is 5.95. The van der Waals surface area contributed by atoms with Gasteiger partial charge in [0, 0.05) is 45.2 Å². The van der Waals surface area contributed by atoms with Gasteiger partial charge in [0.1, 0.15) is 23.1 Å². The quantitative estimate of drug-likeness (QED) is 0.360. The minimum Gasteiger partial charge on any atom is -0.457 e. The number of aliphatic hydroxyl groups is 1. The van der Waals surface area contributed by atoms with Gasteiger partial charge in [0.15, 0.2) is 0 Å². The molecule has 2 aliphatic heterocycles. The topological polar surface area (TPSA) is 111 Å². The maximum absolute atomic E-state index is 13.8. The van der Waals surface area contributed by atoms with Crippen molar-refractivity contribution < 1.29 is 24.2 Å². The van der Waals surface area contributed by atoms with E-state index in [1.807, 2.05) is 24.3 Å². The number of nitrogens with zero attached hydrogens (tertiary/aromatic N) is 2. The highest BCUT2D eigenvalue weighted by molar-refractivity contribution is 6.00. The predicted molar refractivity (Wildman–Crippen MR) is 165 cm³/mol. The summed E-state index contributed by atoms with van der Waals surface area (Å²) in [5.74, 6) is 1.05. The maximum atomic E-state index is 13.8. The first-order valence-electron chi connectivity index (χ1n) is 15.5. The highest BCUT2D eigenvalue weighted by atomic mass is 16.5. The van der Waals surface area contributed by atoms with Crippen LogP contribution in [-0.2, 0) is 16.1 Å². The third kappa shape index (κ3) is 6.94. The largest absolute Gasteiger partial charge is 0.457 e. The minimum absolute atomic E-state index is 0.0762. The van der Waals surface area contributed by atoms with Gasteiger partial charge in [-0.2, -0.15) is 0 Å². The molecule has 3 amide bonds. The number of amides is 3. The smallest absolute Gasteiger partial charge is 0.251 e. The minimum atomic E-state index is -0.887. The lowest BCUT2D eigenvalue weighted by molar-refractivity contribution is -0.163. The van der Waals surface area contributed by atoms with Gasteiger partial charge in [-0.05, 0) is 74.1 Å². The fourth-order valence-corrected chi connectivity index (χ4v) is 6.81. The SMILES string of the molecule is C=CCCN1C(=O)[C@@H](CC2(O)CCCCC2)NC(=O)C12CCN(Cc1ccc(Oc3ccc(C(=O)NC)cc3)cc1)CC2. The number of benzene rings is 2. The molecule has 0 aromatic heterocycles. The van der Waals surface area contributed by atoms with E-state index in [0.29, 0.717) is 68.8 Å². The van der Waals surface area contributed by atoms with E-state index in [4.69, 9.17) is 4.74 Å². The fourth-order valence-electron chi connectivity index (χ4n) is 6.81. The lowest BCUT2D eigenvalue weighted by Gasteiger charge is -2.52. The van der Waals surface area contributed by atoms with Crippen LogP contribution in [0.1, 0.15) is 73.7 Å². The Labute approximate surface area is 254 Å². The highest BCUT2D eigenvalue weighted by Crippen LogP contribution is 2.37. The number of likely N-dealkylation sites (tertiary alicyclic amines) is 1. The lowest BCUT2D eigenvalue weighted by atomic mass is 9.77. The van der Waals surface area contributed by atoms with Gasteiger partial charge >= 0.3 is 0 Å². The van der Waals surface area contributed by atoms with Crippen LogP contribution in [0, 0.1) is 0 Å².